The van der Waals surface area contributed by atoms with Gasteiger partial charge in [-0.2, -0.15) is 5.10 Å². The summed E-state index contributed by atoms with van der Waals surface area (Å²) in [6.45, 7) is 8.46. The predicted octanol–water partition coefficient (Wildman–Crippen LogP) is 11.3. The van der Waals surface area contributed by atoms with Crippen molar-refractivity contribution in [3.05, 3.63) is 145 Å². The van der Waals surface area contributed by atoms with E-state index in [2.05, 4.69) is 152 Å². The maximum absolute atomic E-state index is 4.54. The molecule has 2 nitrogen and oxygen atoms in total. The molecule has 0 aliphatic carbocycles. The number of allylic oxidation sites excluding steroid dienone is 1. The molecule has 0 bridgehead atoms. The van der Waals surface area contributed by atoms with Crippen LogP contribution in [-0.4, -0.2) is 6.21 Å². The van der Waals surface area contributed by atoms with E-state index in [1.54, 1.807) is 0 Å². The van der Waals surface area contributed by atoms with Gasteiger partial charge in [0.2, 0.25) is 0 Å². The monoisotopic (exact) mass is 536 g/mol. The Bertz CT molecular complexity index is 1490. The molecule has 41 heavy (non-hydrogen) atoms. The van der Waals surface area contributed by atoms with Gasteiger partial charge in [0.1, 0.15) is 0 Å². The molecule has 5 rings (SSSR count). The van der Waals surface area contributed by atoms with Crippen molar-refractivity contribution in [2.75, 3.05) is 5.43 Å². The minimum atomic E-state index is 0.476. The summed E-state index contributed by atoms with van der Waals surface area (Å²) in [6.07, 6.45) is 7.12. The molecule has 0 heterocycles. The molecule has 0 amide bonds. The van der Waals surface area contributed by atoms with Crippen LogP contribution in [0.25, 0.3) is 39.5 Å². The maximum atomic E-state index is 4.54. The number of hydrogen-bond donors (Lipinski definition) is 1. The Morgan fingerprint density at radius 1 is 0.634 bits per heavy atom. The van der Waals surface area contributed by atoms with Crippen LogP contribution >= 0.6 is 0 Å². The lowest BCUT2D eigenvalue weighted by molar-refractivity contribution is 0.735. The van der Waals surface area contributed by atoms with Crippen molar-refractivity contribution in [2.24, 2.45) is 5.10 Å². The molecular formula is C39H40N2. The number of nitrogens with one attached hydrogen (secondary N) is 1. The number of hydrazone groups is 1. The van der Waals surface area contributed by atoms with Crippen molar-refractivity contribution < 1.29 is 0 Å². The van der Waals surface area contributed by atoms with E-state index in [1.165, 1.54) is 44.5 Å². The summed E-state index contributed by atoms with van der Waals surface area (Å²) in [6, 6.07) is 44.8. The lowest BCUT2D eigenvalue weighted by atomic mass is 9.87. The van der Waals surface area contributed by atoms with Gasteiger partial charge in [-0.05, 0) is 81.1 Å². The fraction of sp³-hybridized carbons (Fsp3) is 0.154. The van der Waals surface area contributed by atoms with E-state index in [1.807, 2.05) is 32.2 Å². The van der Waals surface area contributed by atoms with Crippen LogP contribution in [0.1, 0.15) is 51.2 Å². The van der Waals surface area contributed by atoms with E-state index < -0.39 is 0 Å². The summed E-state index contributed by atoms with van der Waals surface area (Å²) in [5.74, 6) is 0.476. The first-order chi connectivity index (χ1) is 20.2. The Morgan fingerprint density at radius 3 is 1.66 bits per heavy atom. The highest BCUT2D eigenvalue weighted by Crippen LogP contribution is 2.38. The van der Waals surface area contributed by atoms with Crippen molar-refractivity contribution in [1.82, 2.24) is 0 Å². The summed E-state index contributed by atoms with van der Waals surface area (Å²) in [4.78, 5) is 0. The van der Waals surface area contributed by atoms with Crippen molar-refractivity contribution in [2.45, 2.75) is 40.0 Å². The fourth-order valence-corrected chi connectivity index (χ4v) is 4.88. The van der Waals surface area contributed by atoms with E-state index in [4.69, 9.17) is 0 Å². The molecule has 0 saturated carbocycles. The minimum absolute atomic E-state index is 0.476. The number of anilines is 1. The maximum Gasteiger partial charge on any atom is 0.0596 e. The predicted molar refractivity (Wildman–Crippen MR) is 180 cm³/mol. The number of para-hydroxylation sites is 1. The van der Waals surface area contributed by atoms with Crippen molar-refractivity contribution in [1.29, 1.82) is 0 Å². The Kier molecular flexibility index (Phi) is 10.9. The van der Waals surface area contributed by atoms with Crippen LogP contribution in [0.4, 0.5) is 5.69 Å². The molecule has 0 aliphatic heterocycles. The molecule has 1 unspecified atom stereocenters. The molecule has 0 aliphatic rings. The number of nitrogens with zero attached hydrogens (tertiary/aromatic N) is 1. The van der Waals surface area contributed by atoms with Crippen molar-refractivity contribution >= 4 is 18.0 Å². The standard InChI is InChI=1S/C37H34N2.C2H6/c1-3-28(2)33-22-13-14-24-37(33)39-38-25-15-23-34-35(30-18-9-5-10-19-30)26-32(29-16-7-4-8-17-29)27-36(34)31-20-11-6-12-21-31;1-2/h4-28,39H,3H2,1-2H3;1-2H3/b23-15+,38-25-;. The van der Waals surface area contributed by atoms with Crippen LogP contribution in [0.3, 0.4) is 0 Å². The van der Waals surface area contributed by atoms with Gasteiger partial charge < -0.3 is 0 Å². The first kappa shape index (κ1) is 29.3. The van der Waals surface area contributed by atoms with Gasteiger partial charge in [0, 0.05) is 6.21 Å². The Labute approximate surface area is 246 Å². The first-order valence-corrected chi connectivity index (χ1v) is 14.6. The lowest BCUT2D eigenvalue weighted by Gasteiger charge is -2.16. The van der Waals surface area contributed by atoms with Crippen LogP contribution < -0.4 is 5.43 Å². The summed E-state index contributed by atoms with van der Waals surface area (Å²) < 4.78 is 0. The van der Waals surface area contributed by atoms with Gasteiger partial charge in [-0.1, -0.05) is 143 Å². The summed E-state index contributed by atoms with van der Waals surface area (Å²) in [5, 5.41) is 4.54. The van der Waals surface area contributed by atoms with E-state index in [-0.39, 0.29) is 0 Å². The zero-order valence-electron chi connectivity index (χ0n) is 24.6. The summed E-state index contributed by atoms with van der Waals surface area (Å²) in [7, 11) is 0. The SMILES string of the molecule is CC.CCC(C)c1ccccc1N/N=C\C=C\c1c(-c2ccccc2)cc(-c2ccccc2)cc1-c1ccccc1. The smallest absolute Gasteiger partial charge is 0.0596 e. The normalized spacial score (nSPS) is 11.7. The highest BCUT2D eigenvalue weighted by Gasteiger charge is 2.13. The third-order valence-corrected chi connectivity index (χ3v) is 7.17. The largest absolute Gasteiger partial charge is 0.278 e. The van der Waals surface area contributed by atoms with Crippen LogP contribution in [0.15, 0.2) is 139 Å². The summed E-state index contributed by atoms with van der Waals surface area (Å²) in [5.41, 5.74) is 13.9. The second-order valence-corrected chi connectivity index (χ2v) is 9.73. The van der Waals surface area contributed by atoms with Crippen LogP contribution in [0.2, 0.25) is 0 Å². The molecule has 5 aromatic carbocycles. The molecule has 0 aromatic heterocycles. The van der Waals surface area contributed by atoms with Gasteiger partial charge in [-0.3, -0.25) is 5.43 Å². The lowest BCUT2D eigenvalue weighted by Crippen LogP contribution is -1.98. The van der Waals surface area contributed by atoms with Crippen LogP contribution in [0.5, 0.6) is 0 Å². The third-order valence-electron chi connectivity index (χ3n) is 7.17. The Balaban J connectivity index is 0.00000189. The Morgan fingerprint density at radius 2 is 1.12 bits per heavy atom. The van der Waals surface area contributed by atoms with Crippen LogP contribution in [-0.2, 0) is 0 Å². The topological polar surface area (TPSA) is 24.4 Å². The minimum Gasteiger partial charge on any atom is -0.278 e. The molecule has 1 atom stereocenters. The first-order valence-electron chi connectivity index (χ1n) is 14.6. The van der Waals surface area contributed by atoms with Gasteiger partial charge in [-0.15, -0.1) is 0 Å². The molecule has 206 valence electrons. The molecule has 0 fully saturated rings. The van der Waals surface area contributed by atoms with Gasteiger partial charge in [0.15, 0.2) is 0 Å². The van der Waals surface area contributed by atoms with Gasteiger partial charge in [0.05, 0.1) is 5.69 Å². The number of rotatable bonds is 9. The average Bonchev–Trinajstić information content (AvgIpc) is 3.06. The number of benzene rings is 5. The molecule has 0 saturated heterocycles. The molecule has 2 heteroatoms. The number of hydrogen-bond acceptors (Lipinski definition) is 2. The third kappa shape index (κ3) is 7.49. The second-order valence-electron chi connectivity index (χ2n) is 9.73. The molecule has 5 aromatic rings. The van der Waals surface area contributed by atoms with E-state index >= 15 is 0 Å². The fourth-order valence-electron chi connectivity index (χ4n) is 4.88. The van der Waals surface area contributed by atoms with Crippen molar-refractivity contribution in [3.8, 4) is 33.4 Å². The van der Waals surface area contributed by atoms with Crippen molar-refractivity contribution in [3.63, 3.8) is 0 Å². The molecule has 0 spiro atoms. The van der Waals surface area contributed by atoms with E-state index in [9.17, 15) is 0 Å². The van der Waals surface area contributed by atoms with Gasteiger partial charge >= 0.3 is 0 Å². The Hall–Kier alpha value is -4.69. The molecule has 1 N–H and O–H groups in total. The zero-order valence-corrected chi connectivity index (χ0v) is 24.6. The highest BCUT2D eigenvalue weighted by atomic mass is 15.3. The van der Waals surface area contributed by atoms with Gasteiger partial charge in [0.25, 0.3) is 0 Å². The van der Waals surface area contributed by atoms with E-state index in [0.717, 1.165) is 12.1 Å². The molecule has 0 radical (unpaired) electrons. The van der Waals surface area contributed by atoms with E-state index in [0.29, 0.717) is 5.92 Å². The van der Waals surface area contributed by atoms with Gasteiger partial charge in [-0.25, -0.2) is 0 Å². The second kappa shape index (κ2) is 15.2. The van der Waals surface area contributed by atoms with Crippen LogP contribution in [0, 0.1) is 0 Å². The quantitative estimate of drug-likeness (QED) is 0.147. The zero-order chi connectivity index (χ0) is 28.9. The summed E-state index contributed by atoms with van der Waals surface area (Å²) >= 11 is 0. The average molecular weight is 537 g/mol. The highest BCUT2D eigenvalue weighted by molar-refractivity contribution is 5.93. The molecular weight excluding hydrogens is 496 g/mol.